The van der Waals surface area contributed by atoms with E-state index in [0.717, 1.165) is 6.42 Å². The van der Waals surface area contributed by atoms with Gasteiger partial charge >= 0.3 is 0 Å². The number of amides is 2. The van der Waals surface area contributed by atoms with Crippen LogP contribution in [0.2, 0.25) is 0 Å². The molecule has 3 atom stereocenters. The molecule has 1 saturated heterocycles. The van der Waals surface area contributed by atoms with Gasteiger partial charge in [-0.15, -0.1) is 0 Å². The fourth-order valence-corrected chi connectivity index (χ4v) is 3.32. The van der Waals surface area contributed by atoms with Gasteiger partial charge < -0.3 is 15.5 Å². The summed E-state index contributed by atoms with van der Waals surface area (Å²) >= 11 is 0. The Morgan fingerprint density at radius 2 is 2.00 bits per heavy atom. The first-order valence-electron chi connectivity index (χ1n) is 7.82. The first-order valence-corrected chi connectivity index (χ1v) is 7.82. The van der Waals surface area contributed by atoms with E-state index in [2.05, 4.69) is 10.6 Å². The molecule has 2 rings (SSSR count). The van der Waals surface area contributed by atoms with Gasteiger partial charge in [0.15, 0.2) is 0 Å². The van der Waals surface area contributed by atoms with Crippen molar-refractivity contribution in [1.29, 1.82) is 0 Å². The SMILES string of the molecule is CN(C)C(=O)CCCNC(=O)C1CC2CCCCC2N1. The summed E-state index contributed by atoms with van der Waals surface area (Å²) in [5.74, 6) is 0.913. The summed E-state index contributed by atoms with van der Waals surface area (Å²) in [7, 11) is 3.51. The van der Waals surface area contributed by atoms with Crippen LogP contribution in [0.15, 0.2) is 0 Å². The number of nitrogens with one attached hydrogen (secondary N) is 2. The van der Waals surface area contributed by atoms with Crippen molar-refractivity contribution in [3.8, 4) is 0 Å². The standard InChI is InChI=1S/C15H27N3O2/c1-18(2)14(19)8-5-9-16-15(20)13-10-11-6-3-4-7-12(11)17-13/h11-13,17H,3-10H2,1-2H3,(H,16,20). The molecule has 0 bridgehead atoms. The highest BCUT2D eigenvalue weighted by molar-refractivity contribution is 5.82. The van der Waals surface area contributed by atoms with E-state index in [1.54, 1.807) is 19.0 Å². The van der Waals surface area contributed by atoms with Crippen molar-refractivity contribution in [1.82, 2.24) is 15.5 Å². The minimum Gasteiger partial charge on any atom is -0.355 e. The second-order valence-corrected chi connectivity index (χ2v) is 6.29. The Kier molecular flexibility index (Phi) is 5.40. The van der Waals surface area contributed by atoms with E-state index < -0.39 is 0 Å². The predicted octanol–water partition coefficient (Wildman–Crippen LogP) is 0.892. The molecule has 114 valence electrons. The zero-order valence-electron chi connectivity index (χ0n) is 12.7. The molecule has 20 heavy (non-hydrogen) atoms. The third-order valence-corrected chi connectivity index (χ3v) is 4.54. The normalized spacial score (nSPS) is 28.8. The fraction of sp³-hybridized carbons (Fsp3) is 0.867. The Hall–Kier alpha value is -1.10. The van der Waals surface area contributed by atoms with Gasteiger partial charge in [0.25, 0.3) is 0 Å². The topological polar surface area (TPSA) is 61.4 Å². The van der Waals surface area contributed by atoms with E-state index in [0.29, 0.717) is 31.3 Å². The summed E-state index contributed by atoms with van der Waals surface area (Å²) in [6, 6.07) is 0.530. The van der Waals surface area contributed by atoms with Gasteiger partial charge in [-0.05, 0) is 31.6 Å². The van der Waals surface area contributed by atoms with Crippen molar-refractivity contribution in [2.45, 2.75) is 57.0 Å². The lowest BCUT2D eigenvalue weighted by Crippen LogP contribution is -2.43. The van der Waals surface area contributed by atoms with Gasteiger partial charge in [-0.3, -0.25) is 9.59 Å². The Morgan fingerprint density at radius 1 is 1.25 bits per heavy atom. The van der Waals surface area contributed by atoms with Crippen molar-refractivity contribution < 1.29 is 9.59 Å². The Balaban J connectivity index is 1.64. The Labute approximate surface area is 121 Å². The predicted molar refractivity (Wildman–Crippen MR) is 78.2 cm³/mol. The van der Waals surface area contributed by atoms with E-state index >= 15 is 0 Å². The lowest BCUT2D eigenvalue weighted by Gasteiger charge is -2.24. The summed E-state index contributed by atoms with van der Waals surface area (Å²) in [5.41, 5.74) is 0. The summed E-state index contributed by atoms with van der Waals surface area (Å²) in [6.07, 6.45) is 7.26. The molecular weight excluding hydrogens is 254 g/mol. The van der Waals surface area contributed by atoms with Crippen LogP contribution in [-0.2, 0) is 9.59 Å². The molecule has 0 radical (unpaired) electrons. The van der Waals surface area contributed by atoms with Crippen molar-refractivity contribution in [2.75, 3.05) is 20.6 Å². The minimum atomic E-state index is -0.0207. The van der Waals surface area contributed by atoms with Gasteiger partial charge in [-0.2, -0.15) is 0 Å². The quantitative estimate of drug-likeness (QED) is 0.736. The summed E-state index contributed by atoms with van der Waals surface area (Å²) in [6.45, 7) is 0.589. The molecule has 3 unspecified atom stereocenters. The summed E-state index contributed by atoms with van der Waals surface area (Å²) in [4.78, 5) is 25.1. The molecular formula is C15H27N3O2. The number of rotatable bonds is 5. The van der Waals surface area contributed by atoms with Gasteiger partial charge in [-0.1, -0.05) is 12.8 Å². The molecule has 0 aromatic rings. The van der Waals surface area contributed by atoms with Crippen LogP contribution in [0.3, 0.4) is 0 Å². The maximum Gasteiger partial charge on any atom is 0.237 e. The van der Waals surface area contributed by atoms with Crippen molar-refractivity contribution in [3.05, 3.63) is 0 Å². The van der Waals surface area contributed by atoms with Crippen LogP contribution in [-0.4, -0.2) is 49.4 Å². The highest BCUT2D eigenvalue weighted by Gasteiger charge is 2.37. The highest BCUT2D eigenvalue weighted by Crippen LogP contribution is 2.33. The van der Waals surface area contributed by atoms with Crippen LogP contribution in [0, 0.1) is 5.92 Å². The van der Waals surface area contributed by atoms with Gasteiger partial charge in [0, 0.05) is 33.1 Å². The molecule has 0 aromatic heterocycles. The molecule has 2 amide bonds. The Morgan fingerprint density at radius 3 is 2.70 bits per heavy atom. The van der Waals surface area contributed by atoms with Crippen molar-refractivity contribution >= 4 is 11.8 Å². The zero-order chi connectivity index (χ0) is 14.5. The zero-order valence-corrected chi connectivity index (χ0v) is 12.7. The molecule has 1 heterocycles. The number of nitrogens with zero attached hydrogens (tertiary/aromatic N) is 1. The average Bonchev–Trinajstić information content (AvgIpc) is 2.86. The molecule has 1 aliphatic heterocycles. The van der Waals surface area contributed by atoms with Crippen LogP contribution in [0.5, 0.6) is 0 Å². The fourth-order valence-electron chi connectivity index (χ4n) is 3.32. The minimum absolute atomic E-state index is 0.0207. The van der Waals surface area contributed by atoms with Gasteiger partial charge in [0.1, 0.15) is 0 Å². The lowest BCUT2D eigenvalue weighted by atomic mass is 9.85. The van der Waals surface area contributed by atoms with Crippen LogP contribution in [0.4, 0.5) is 0 Å². The van der Waals surface area contributed by atoms with Crippen molar-refractivity contribution in [2.24, 2.45) is 5.92 Å². The second-order valence-electron chi connectivity index (χ2n) is 6.29. The van der Waals surface area contributed by atoms with E-state index in [-0.39, 0.29) is 17.9 Å². The monoisotopic (exact) mass is 281 g/mol. The molecule has 5 heteroatoms. The first kappa shape index (κ1) is 15.3. The molecule has 1 aliphatic carbocycles. The third kappa shape index (κ3) is 3.95. The molecule has 2 N–H and O–H groups in total. The van der Waals surface area contributed by atoms with E-state index in [9.17, 15) is 9.59 Å². The summed E-state index contributed by atoms with van der Waals surface area (Å²) < 4.78 is 0. The van der Waals surface area contributed by atoms with Crippen molar-refractivity contribution in [3.63, 3.8) is 0 Å². The first-order chi connectivity index (χ1) is 9.58. The molecule has 2 fully saturated rings. The highest BCUT2D eigenvalue weighted by atomic mass is 16.2. The average molecular weight is 281 g/mol. The lowest BCUT2D eigenvalue weighted by molar-refractivity contribution is -0.129. The molecule has 1 saturated carbocycles. The number of hydrogen-bond acceptors (Lipinski definition) is 3. The summed E-state index contributed by atoms with van der Waals surface area (Å²) in [5, 5.41) is 6.43. The van der Waals surface area contributed by atoms with Crippen LogP contribution in [0.1, 0.15) is 44.9 Å². The molecule has 5 nitrogen and oxygen atoms in total. The third-order valence-electron chi connectivity index (χ3n) is 4.54. The van der Waals surface area contributed by atoms with Crippen LogP contribution >= 0.6 is 0 Å². The number of hydrogen-bond donors (Lipinski definition) is 2. The largest absolute Gasteiger partial charge is 0.355 e. The molecule has 0 spiro atoms. The Bertz CT molecular complexity index is 343. The smallest absolute Gasteiger partial charge is 0.237 e. The van der Waals surface area contributed by atoms with Crippen LogP contribution < -0.4 is 10.6 Å². The van der Waals surface area contributed by atoms with E-state index in [1.807, 2.05) is 0 Å². The van der Waals surface area contributed by atoms with Crippen LogP contribution in [0.25, 0.3) is 0 Å². The number of fused-ring (bicyclic) bond motifs is 1. The van der Waals surface area contributed by atoms with Gasteiger partial charge in [0.05, 0.1) is 6.04 Å². The maximum absolute atomic E-state index is 12.1. The second kappa shape index (κ2) is 7.07. The van der Waals surface area contributed by atoms with Gasteiger partial charge in [-0.25, -0.2) is 0 Å². The van der Waals surface area contributed by atoms with E-state index in [1.165, 1.54) is 25.7 Å². The van der Waals surface area contributed by atoms with E-state index in [4.69, 9.17) is 0 Å². The number of carbonyl (C=O) groups excluding carboxylic acids is 2. The molecule has 0 aromatic carbocycles. The molecule has 2 aliphatic rings. The number of carbonyl (C=O) groups is 2. The maximum atomic E-state index is 12.1. The van der Waals surface area contributed by atoms with Gasteiger partial charge in [0.2, 0.25) is 11.8 Å².